The Labute approximate surface area is 260 Å². The molecule has 0 unspecified atom stereocenters. The number of hydrogen-bond acceptors (Lipinski definition) is 5. The highest BCUT2D eigenvalue weighted by Crippen LogP contribution is 2.31. The molecule has 0 aromatic heterocycles. The van der Waals surface area contributed by atoms with Crippen LogP contribution in [0.1, 0.15) is 55.7 Å². The maximum atomic E-state index is 14.2. The maximum Gasteiger partial charge on any atom is 0.264 e. The van der Waals surface area contributed by atoms with E-state index in [1.165, 1.54) is 17.0 Å². The van der Waals surface area contributed by atoms with Crippen LogP contribution in [0.5, 0.6) is 5.75 Å². The van der Waals surface area contributed by atoms with Crippen LogP contribution in [0.4, 0.5) is 5.69 Å². The van der Waals surface area contributed by atoms with Crippen molar-refractivity contribution in [3.05, 3.63) is 88.4 Å². The number of halogens is 1. The summed E-state index contributed by atoms with van der Waals surface area (Å²) < 4.78 is 34.5. The molecule has 1 N–H and O–H groups in total. The number of hydrogen-bond donors (Lipinski definition) is 1. The lowest BCUT2D eigenvalue weighted by Crippen LogP contribution is -2.53. The summed E-state index contributed by atoms with van der Waals surface area (Å²) >= 11 is 6.41. The summed E-state index contributed by atoms with van der Waals surface area (Å²) in [4.78, 5) is 29.2. The zero-order chi connectivity index (χ0) is 31.1. The van der Waals surface area contributed by atoms with Crippen LogP contribution in [0.2, 0.25) is 5.02 Å². The van der Waals surface area contributed by atoms with E-state index in [1.54, 1.807) is 63.4 Å². The number of aryl methyl sites for hydroxylation is 1. The summed E-state index contributed by atoms with van der Waals surface area (Å²) in [6, 6.07) is 17.9. The van der Waals surface area contributed by atoms with Crippen molar-refractivity contribution < 1.29 is 22.7 Å². The van der Waals surface area contributed by atoms with Gasteiger partial charge in [-0.25, -0.2) is 8.42 Å². The molecule has 0 bridgehead atoms. The van der Waals surface area contributed by atoms with Crippen molar-refractivity contribution >= 4 is 39.1 Å². The minimum Gasteiger partial charge on any atom is -0.497 e. The molecule has 0 heterocycles. The van der Waals surface area contributed by atoms with Gasteiger partial charge in [0.1, 0.15) is 18.3 Å². The van der Waals surface area contributed by atoms with Gasteiger partial charge >= 0.3 is 0 Å². The number of anilines is 1. The molecule has 3 aromatic rings. The van der Waals surface area contributed by atoms with Crippen LogP contribution < -0.4 is 14.4 Å². The Kier molecular flexibility index (Phi) is 10.7. The summed E-state index contributed by atoms with van der Waals surface area (Å²) in [6.07, 6.45) is 5.07. The van der Waals surface area contributed by atoms with Crippen molar-refractivity contribution in [2.45, 2.75) is 76.4 Å². The van der Waals surface area contributed by atoms with E-state index in [1.807, 2.05) is 19.1 Å². The number of ether oxygens (including phenoxy) is 1. The quantitative estimate of drug-likeness (QED) is 0.281. The number of nitrogens with zero attached hydrogens (tertiary/aromatic N) is 2. The average molecular weight is 626 g/mol. The third-order valence-electron chi connectivity index (χ3n) is 8.03. The number of rotatable bonds is 11. The molecule has 1 saturated carbocycles. The van der Waals surface area contributed by atoms with Crippen molar-refractivity contribution in [1.29, 1.82) is 0 Å². The SMILES string of the molecule is COc1ccc(CN(C(=O)CN(c2cccc(Cl)c2C)S(=O)(=O)c2ccc(C)cc2)[C@@H](C)C(=O)NC2CCCCC2)cc1. The number of benzene rings is 3. The Balaban J connectivity index is 1.70. The largest absolute Gasteiger partial charge is 0.497 e. The first-order chi connectivity index (χ1) is 20.5. The number of sulfonamides is 1. The van der Waals surface area contributed by atoms with E-state index in [-0.39, 0.29) is 23.4 Å². The highest BCUT2D eigenvalue weighted by molar-refractivity contribution is 7.92. The standard InChI is InChI=1S/C33H40ClN3O5S/c1-23-13-19-29(20-14-23)43(40,41)37(31-12-8-11-30(34)24(31)2)22-32(38)36(21-26-15-17-28(42-4)18-16-26)25(3)33(39)35-27-9-6-5-7-10-27/h8,11-20,25,27H,5-7,9-10,21-22H2,1-4H3,(H,35,39)/t25-/m0/s1. The molecule has 1 fully saturated rings. The van der Waals surface area contributed by atoms with E-state index < -0.39 is 28.5 Å². The number of carbonyl (C=O) groups is 2. The average Bonchev–Trinajstić information content (AvgIpc) is 3.00. The molecule has 0 spiro atoms. The van der Waals surface area contributed by atoms with Crippen molar-refractivity contribution in [2.75, 3.05) is 18.0 Å². The normalized spacial score (nSPS) is 14.5. The fourth-order valence-corrected chi connectivity index (χ4v) is 6.94. The Hall–Kier alpha value is -3.56. The van der Waals surface area contributed by atoms with Crippen LogP contribution in [-0.2, 0) is 26.2 Å². The molecule has 0 radical (unpaired) electrons. The Morgan fingerprint density at radius 1 is 0.977 bits per heavy atom. The minimum atomic E-state index is -4.18. The van der Waals surface area contributed by atoms with E-state index in [0.717, 1.165) is 47.5 Å². The topological polar surface area (TPSA) is 96.0 Å². The predicted octanol–water partition coefficient (Wildman–Crippen LogP) is 6.03. The van der Waals surface area contributed by atoms with Gasteiger partial charge in [-0.3, -0.25) is 13.9 Å². The van der Waals surface area contributed by atoms with Crippen molar-refractivity contribution in [1.82, 2.24) is 10.2 Å². The molecule has 8 nitrogen and oxygen atoms in total. The molecule has 0 saturated heterocycles. The molecule has 4 rings (SSSR count). The lowest BCUT2D eigenvalue weighted by molar-refractivity contribution is -0.139. The second-order valence-electron chi connectivity index (χ2n) is 11.1. The van der Waals surface area contributed by atoms with Crippen LogP contribution in [0, 0.1) is 13.8 Å². The Morgan fingerprint density at radius 2 is 1.63 bits per heavy atom. The third-order valence-corrected chi connectivity index (χ3v) is 10.2. The van der Waals surface area contributed by atoms with Gasteiger partial charge in [-0.05, 0) is 81.1 Å². The second kappa shape index (κ2) is 14.3. The summed E-state index contributed by atoms with van der Waals surface area (Å²) in [7, 11) is -2.61. The lowest BCUT2D eigenvalue weighted by atomic mass is 9.95. The number of nitrogens with one attached hydrogen (secondary N) is 1. The molecule has 230 valence electrons. The third kappa shape index (κ3) is 7.89. The first-order valence-corrected chi connectivity index (χ1v) is 16.4. The van der Waals surface area contributed by atoms with Gasteiger partial charge in [-0.1, -0.05) is 66.8 Å². The van der Waals surface area contributed by atoms with Gasteiger partial charge in [-0.15, -0.1) is 0 Å². The van der Waals surface area contributed by atoms with Gasteiger partial charge in [0, 0.05) is 17.6 Å². The zero-order valence-corrected chi connectivity index (χ0v) is 26.7. The molecular formula is C33H40ClN3O5S. The zero-order valence-electron chi connectivity index (χ0n) is 25.2. The molecule has 3 aromatic carbocycles. The molecule has 10 heteroatoms. The van der Waals surface area contributed by atoms with Crippen LogP contribution in [0.3, 0.4) is 0 Å². The number of amides is 2. The van der Waals surface area contributed by atoms with Crippen molar-refractivity contribution in [2.24, 2.45) is 0 Å². The Bertz CT molecular complexity index is 1520. The van der Waals surface area contributed by atoms with Gasteiger partial charge < -0.3 is 15.0 Å². The van der Waals surface area contributed by atoms with Crippen LogP contribution in [0.15, 0.2) is 71.6 Å². The van der Waals surface area contributed by atoms with Crippen molar-refractivity contribution in [3.8, 4) is 5.75 Å². The Morgan fingerprint density at radius 3 is 2.26 bits per heavy atom. The van der Waals surface area contributed by atoms with E-state index in [0.29, 0.717) is 22.0 Å². The fourth-order valence-electron chi connectivity index (χ4n) is 5.30. The van der Waals surface area contributed by atoms with Gasteiger partial charge in [0.05, 0.1) is 17.7 Å². The summed E-state index contributed by atoms with van der Waals surface area (Å²) in [5, 5.41) is 3.50. The molecule has 43 heavy (non-hydrogen) atoms. The van der Waals surface area contributed by atoms with E-state index >= 15 is 0 Å². The molecule has 2 amide bonds. The minimum absolute atomic E-state index is 0.0510. The van der Waals surface area contributed by atoms with E-state index in [4.69, 9.17) is 16.3 Å². The fraction of sp³-hybridized carbons (Fsp3) is 0.394. The summed E-state index contributed by atoms with van der Waals surface area (Å²) in [5.41, 5.74) is 2.50. The lowest BCUT2D eigenvalue weighted by Gasteiger charge is -2.33. The highest BCUT2D eigenvalue weighted by Gasteiger charge is 2.34. The van der Waals surface area contributed by atoms with Gasteiger partial charge in [0.2, 0.25) is 11.8 Å². The number of carbonyl (C=O) groups excluding carboxylic acids is 2. The van der Waals surface area contributed by atoms with Crippen molar-refractivity contribution in [3.63, 3.8) is 0 Å². The molecule has 1 aliphatic rings. The monoisotopic (exact) mass is 625 g/mol. The molecule has 1 atom stereocenters. The molecule has 0 aliphatic heterocycles. The van der Waals surface area contributed by atoms with Gasteiger partial charge in [0.15, 0.2) is 0 Å². The van der Waals surface area contributed by atoms with Crippen LogP contribution >= 0.6 is 11.6 Å². The first kappa shape index (κ1) is 32.4. The smallest absolute Gasteiger partial charge is 0.264 e. The van der Waals surface area contributed by atoms with Crippen LogP contribution in [0.25, 0.3) is 0 Å². The maximum absolute atomic E-state index is 14.2. The van der Waals surface area contributed by atoms with E-state index in [2.05, 4.69) is 5.32 Å². The van der Waals surface area contributed by atoms with Crippen LogP contribution in [-0.4, -0.2) is 50.9 Å². The second-order valence-corrected chi connectivity index (χ2v) is 13.4. The molecule has 1 aliphatic carbocycles. The number of methoxy groups -OCH3 is 1. The first-order valence-electron chi connectivity index (χ1n) is 14.6. The predicted molar refractivity (Wildman–Crippen MR) is 170 cm³/mol. The summed E-state index contributed by atoms with van der Waals surface area (Å²) in [6.45, 7) is 4.86. The van der Waals surface area contributed by atoms with E-state index in [9.17, 15) is 18.0 Å². The highest BCUT2D eigenvalue weighted by atomic mass is 35.5. The van der Waals surface area contributed by atoms with Gasteiger partial charge in [0.25, 0.3) is 10.0 Å². The summed E-state index contributed by atoms with van der Waals surface area (Å²) in [5.74, 6) is -0.116. The van der Waals surface area contributed by atoms with Gasteiger partial charge in [-0.2, -0.15) is 0 Å². The molecular weight excluding hydrogens is 586 g/mol.